The number of amides is 1. The number of piperidine rings is 1. The van der Waals surface area contributed by atoms with Crippen LogP contribution in [0.4, 0.5) is 0 Å². The third kappa shape index (κ3) is 3.57. The number of carbonyl (C=O) groups is 1. The van der Waals surface area contributed by atoms with E-state index < -0.39 is 0 Å². The van der Waals surface area contributed by atoms with Crippen molar-refractivity contribution in [2.45, 2.75) is 25.8 Å². The Morgan fingerprint density at radius 2 is 2.28 bits per heavy atom. The molecule has 2 rings (SSSR count). The Labute approximate surface area is 108 Å². The summed E-state index contributed by atoms with van der Waals surface area (Å²) >= 11 is 0. The monoisotopic (exact) mass is 250 g/mol. The highest BCUT2D eigenvalue weighted by Crippen LogP contribution is 2.17. The lowest BCUT2D eigenvalue weighted by Crippen LogP contribution is -2.33. The van der Waals surface area contributed by atoms with Crippen molar-refractivity contribution in [3.05, 3.63) is 18.0 Å². The van der Waals surface area contributed by atoms with E-state index in [9.17, 15) is 4.79 Å². The van der Waals surface area contributed by atoms with Crippen LogP contribution in [0.25, 0.3) is 0 Å². The van der Waals surface area contributed by atoms with Crippen LogP contribution in [0.5, 0.6) is 0 Å². The second-order valence-electron chi connectivity index (χ2n) is 5.17. The number of hydrogen-bond acceptors (Lipinski definition) is 3. The maximum Gasteiger partial charge on any atom is 0.222 e. The van der Waals surface area contributed by atoms with Crippen molar-refractivity contribution in [1.82, 2.24) is 20.0 Å². The predicted octanol–water partition coefficient (Wildman–Crippen LogP) is 0.768. The highest BCUT2D eigenvalue weighted by atomic mass is 16.2. The Morgan fingerprint density at radius 1 is 1.56 bits per heavy atom. The summed E-state index contributed by atoms with van der Waals surface area (Å²) in [5.74, 6) is 0.792. The highest BCUT2D eigenvalue weighted by molar-refractivity contribution is 5.76. The average Bonchev–Trinajstić information content (AvgIpc) is 2.76. The van der Waals surface area contributed by atoms with Gasteiger partial charge < -0.3 is 10.2 Å². The molecule has 1 amide bonds. The zero-order valence-electron chi connectivity index (χ0n) is 11.2. The molecule has 5 heteroatoms. The van der Waals surface area contributed by atoms with Crippen molar-refractivity contribution < 1.29 is 4.79 Å². The number of nitrogens with one attached hydrogen (secondary N) is 1. The molecule has 1 aromatic rings. The first-order valence-electron chi connectivity index (χ1n) is 6.57. The fourth-order valence-corrected chi connectivity index (χ4v) is 2.40. The summed E-state index contributed by atoms with van der Waals surface area (Å²) in [6, 6.07) is 0. The minimum absolute atomic E-state index is 0.241. The Morgan fingerprint density at radius 3 is 2.89 bits per heavy atom. The lowest BCUT2D eigenvalue weighted by atomic mass is 9.94. The molecule has 1 saturated heterocycles. The molecule has 100 valence electrons. The van der Waals surface area contributed by atoms with Gasteiger partial charge >= 0.3 is 0 Å². The van der Waals surface area contributed by atoms with Gasteiger partial charge in [-0.3, -0.25) is 9.48 Å². The van der Waals surface area contributed by atoms with Crippen LogP contribution in [0.2, 0.25) is 0 Å². The van der Waals surface area contributed by atoms with Gasteiger partial charge in [-0.1, -0.05) is 0 Å². The van der Waals surface area contributed by atoms with Crippen LogP contribution in [-0.4, -0.2) is 40.7 Å². The van der Waals surface area contributed by atoms with E-state index in [4.69, 9.17) is 0 Å². The third-order valence-corrected chi connectivity index (χ3v) is 3.53. The minimum atomic E-state index is 0.241. The normalized spacial score (nSPS) is 16.8. The molecule has 2 heterocycles. The smallest absolute Gasteiger partial charge is 0.222 e. The lowest BCUT2D eigenvalue weighted by Gasteiger charge is -2.24. The number of rotatable bonds is 4. The van der Waals surface area contributed by atoms with Crippen LogP contribution in [0.3, 0.4) is 0 Å². The van der Waals surface area contributed by atoms with Gasteiger partial charge in [0.2, 0.25) is 5.91 Å². The Hall–Kier alpha value is -1.36. The summed E-state index contributed by atoms with van der Waals surface area (Å²) in [5.41, 5.74) is 1.08. The summed E-state index contributed by atoms with van der Waals surface area (Å²) in [5, 5.41) is 7.44. The van der Waals surface area contributed by atoms with Crippen molar-refractivity contribution in [3.8, 4) is 0 Å². The molecule has 1 aliphatic heterocycles. The molecule has 1 N–H and O–H groups in total. The first kappa shape index (κ1) is 13.1. The maximum atomic E-state index is 12.1. The lowest BCUT2D eigenvalue weighted by molar-refractivity contribution is -0.131. The Kier molecular flexibility index (Phi) is 4.36. The van der Waals surface area contributed by atoms with E-state index in [1.54, 1.807) is 9.58 Å². The van der Waals surface area contributed by atoms with E-state index in [1.165, 1.54) is 0 Å². The van der Waals surface area contributed by atoms with Crippen LogP contribution in [0.15, 0.2) is 12.4 Å². The maximum absolute atomic E-state index is 12.1. The quantitative estimate of drug-likeness (QED) is 0.858. The van der Waals surface area contributed by atoms with E-state index in [0.717, 1.165) is 31.5 Å². The van der Waals surface area contributed by atoms with Crippen LogP contribution < -0.4 is 5.32 Å². The van der Waals surface area contributed by atoms with Crippen molar-refractivity contribution in [2.75, 3.05) is 20.1 Å². The van der Waals surface area contributed by atoms with Gasteiger partial charge in [-0.05, 0) is 31.8 Å². The van der Waals surface area contributed by atoms with Crippen LogP contribution >= 0.6 is 0 Å². The zero-order chi connectivity index (χ0) is 13.0. The van der Waals surface area contributed by atoms with Gasteiger partial charge in [0.1, 0.15) is 0 Å². The molecule has 0 aliphatic carbocycles. The summed E-state index contributed by atoms with van der Waals surface area (Å²) in [7, 11) is 3.76. The summed E-state index contributed by atoms with van der Waals surface area (Å²) in [4.78, 5) is 13.9. The molecule has 18 heavy (non-hydrogen) atoms. The SMILES string of the molecule is CN(Cc1cnn(C)c1)C(=O)CC1CCNCC1. The molecule has 0 radical (unpaired) electrons. The fraction of sp³-hybridized carbons (Fsp3) is 0.692. The summed E-state index contributed by atoms with van der Waals surface area (Å²) in [6.45, 7) is 2.74. The molecule has 0 aromatic carbocycles. The molecule has 0 saturated carbocycles. The largest absolute Gasteiger partial charge is 0.341 e. The second kappa shape index (κ2) is 6.00. The summed E-state index contributed by atoms with van der Waals surface area (Å²) in [6.07, 6.45) is 6.68. The zero-order valence-corrected chi connectivity index (χ0v) is 11.2. The molecular weight excluding hydrogens is 228 g/mol. The standard InChI is InChI=1S/C13H22N4O/c1-16(9-12-8-15-17(2)10-12)13(18)7-11-3-5-14-6-4-11/h8,10-11,14H,3-7,9H2,1-2H3. The average molecular weight is 250 g/mol. The number of nitrogens with zero attached hydrogens (tertiary/aromatic N) is 3. The minimum Gasteiger partial charge on any atom is -0.341 e. The van der Waals surface area contributed by atoms with Crippen molar-refractivity contribution in [1.29, 1.82) is 0 Å². The second-order valence-corrected chi connectivity index (χ2v) is 5.17. The van der Waals surface area contributed by atoms with E-state index in [2.05, 4.69) is 10.4 Å². The molecule has 0 bridgehead atoms. The van der Waals surface area contributed by atoms with Gasteiger partial charge in [0.25, 0.3) is 0 Å². The molecule has 0 unspecified atom stereocenters. The Balaban J connectivity index is 1.80. The van der Waals surface area contributed by atoms with Crippen LogP contribution in [0, 0.1) is 5.92 Å². The van der Waals surface area contributed by atoms with Crippen LogP contribution in [0.1, 0.15) is 24.8 Å². The van der Waals surface area contributed by atoms with Crippen molar-refractivity contribution in [3.63, 3.8) is 0 Å². The van der Waals surface area contributed by atoms with E-state index in [-0.39, 0.29) is 5.91 Å². The topological polar surface area (TPSA) is 50.2 Å². The van der Waals surface area contributed by atoms with Crippen LogP contribution in [-0.2, 0) is 18.4 Å². The molecule has 1 fully saturated rings. The molecule has 1 aliphatic rings. The fourth-order valence-electron chi connectivity index (χ4n) is 2.40. The first-order valence-corrected chi connectivity index (χ1v) is 6.57. The molecule has 0 atom stereocenters. The van der Waals surface area contributed by atoms with E-state index >= 15 is 0 Å². The number of hydrogen-bond donors (Lipinski definition) is 1. The van der Waals surface area contributed by atoms with Gasteiger partial charge in [0.15, 0.2) is 0 Å². The highest BCUT2D eigenvalue weighted by Gasteiger charge is 2.19. The van der Waals surface area contributed by atoms with Gasteiger partial charge in [-0.25, -0.2) is 0 Å². The number of aryl methyl sites for hydroxylation is 1. The van der Waals surface area contributed by atoms with Gasteiger partial charge in [-0.2, -0.15) is 5.10 Å². The third-order valence-electron chi connectivity index (χ3n) is 3.53. The van der Waals surface area contributed by atoms with Crippen molar-refractivity contribution in [2.24, 2.45) is 13.0 Å². The number of aromatic nitrogens is 2. The first-order chi connectivity index (χ1) is 8.65. The van der Waals surface area contributed by atoms with E-state index in [1.807, 2.05) is 26.5 Å². The van der Waals surface area contributed by atoms with Gasteiger partial charge in [0, 0.05) is 38.8 Å². The molecule has 5 nitrogen and oxygen atoms in total. The predicted molar refractivity (Wildman–Crippen MR) is 69.9 cm³/mol. The number of carbonyl (C=O) groups excluding carboxylic acids is 1. The van der Waals surface area contributed by atoms with E-state index in [0.29, 0.717) is 18.9 Å². The molecule has 0 spiro atoms. The Bertz CT molecular complexity index is 395. The van der Waals surface area contributed by atoms with Gasteiger partial charge in [0.05, 0.1) is 6.20 Å². The van der Waals surface area contributed by atoms with Gasteiger partial charge in [-0.15, -0.1) is 0 Å². The summed E-state index contributed by atoms with van der Waals surface area (Å²) < 4.78 is 1.76. The molecule has 1 aromatic heterocycles. The van der Waals surface area contributed by atoms with Crippen molar-refractivity contribution >= 4 is 5.91 Å². The molecular formula is C13H22N4O.